The molecule has 1 aliphatic carbocycles. The van der Waals surface area contributed by atoms with E-state index in [1.165, 1.54) is 31.4 Å². The van der Waals surface area contributed by atoms with Crippen LogP contribution in [0.3, 0.4) is 0 Å². The standard InChI is InChI=1S/C25H31FN4O2/c1-2-32-24(31)30-17-25(18-30)10-9-21(16-25)28-12-14-29(15-13-28)23-22(4-3-11-27-23)19-5-7-20(26)8-6-19/h3-8,11,21H,2,9-10,12-18H2,1H3/t21-/m1/s1. The third kappa shape index (κ3) is 4.06. The first-order valence-electron chi connectivity index (χ1n) is 11.7. The number of pyridine rings is 1. The van der Waals surface area contributed by atoms with E-state index in [0.29, 0.717) is 18.1 Å². The monoisotopic (exact) mass is 438 g/mol. The van der Waals surface area contributed by atoms with Crippen LogP contribution in [0.25, 0.3) is 11.1 Å². The van der Waals surface area contributed by atoms with Crippen LogP contribution in [0.1, 0.15) is 26.2 Å². The molecule has 3 aliphatic rings. The fourth-order valence-corrected chi connectivity index (χ4v) is 5.69. The van der Waals surface area contributed by atoms with Gasteiger partial charge in [-0.25, -0.2) is 14.2 Å². The van der Waals surface area contributed by atoms with Crippen LogP contribution in [-0.4, -0.2) is 72.8 Å². The molecule has 0 N–H and O–H groups in total. The second-order valence-corrected chi connectivity index (χ2v) is 9.36. The highest BCUT2D eigenvalue weighted by molar-refractivity contribution is 5.75. The van der Waals surface area contributed by atoms with E-state index in [1.54, 1.807) is 0 Å². The molecule has 2 aliphatic heterocycles. The SMILES string of the molecule is CCOC(=O)N1CC2(CC[C@@H](N3CCN(c4ncccc4-c4ccc(F)cc4)CC3)C2)C1. The molecule has 3 fully saturated rings. The van der Waals surface area contributed by atoms with E-state index in [1.807, 2.05) is 36.2 Å². The number of piperazine rings is 1. The number of rotatable bonds is 4. The summed E-state index contributed by atoms with van der Waals surface area (Å²) in [4.78, 5) is 23.4. The molecule has 32 heavy (non-hydrogen) atoms. The summed E-state index contributed by atoms with van der Waals surface area (Å²) in [5.41, 5.74) is 2.34. The zero-order valence-corrected chi connectivity index (χ0v) is 18.7. The predicted molar refractivity (Wildman–Crippen MR) is 122 cm³/mol. The molecule has 1 aromatic carbocycles. The minimum absolute atomic E-state index is 0.164. The van der Waals surface area contributed by atoms with Crippen molar-refractivity contribution in [3.8, 4) is 11.1 Å². The maximum absolute atomic E-state index is 13.4. The Hall–Kier alpha value is -2.67. The number of carbonyl (C=O) groups excluding carboxylic acids is 1. The van der Waals surface area contributed by atoms with E-state index >= 15 is 0 Å². The van der Waals surface area contributed by atoms with Gasteiger partial charge in [0, 0.05) is 62.5 Å². The van der Waals surface area contributed by atoms with E-state index in [4.69, 9.17) is 4.74 Å². The number of ether oxygens (including phenoxy) is 1. The molecule has 170 valence electrons. The number of hydrogen-bond donors (Lipinski definition) is 0. The Bertz CT molecular complexity index is 953. The lowest BCUT2D eigenvalue weighted by Gasteiger charge is -2.48. The van der Waals surface area contributed by atoms with Crippen molar-refractivity contribution in [2.24, 2.45) is 5.41 Å². The van der Waals surface area contributed by atoms with Gasteiger partial charge in [0.05, 0.1) is 6.61 Å². The molecule has 1 aromatic heterocycles. The smallest absolute Gasteiger partial charge is 0.409 e. The Labute approximate surface area is 189 Å². The quantitative estimate of drug-likeness (QED) is 0.722. The summed E-state index contributed by atoms with van der Waals surface area (Å²) in [6, 6.07) is 11.3. The number of hydrogen-bond acceptors (Lipinski definition) is 5. The number of carbonyl (C=O) groups is 1. The van der Waals surface area contributed by atoms with Gasteiger partial charge in [-0.2, -0.15) is 0 Å². The summed E-state index contributed by atoms with van der Waals surface area (Å²) in [6.07, 6.45) is 5.25. The summed E-state index contributed by atoms with van der Waals surface area (Å²) < 4.78 is 18.5. The molecule has 0 radical (unpaired) electrons. The van der Waals surface area contributed by atoms with E-state index in [9.17, 15) is 9.18 Å². The zero-order chi connectivity index (χ0) is 22.1. The molecule has 6 nitrogen and oxygen atoms in total. The van der Waals surface area contributed by atoms with Crippen LogP contribution in [0.2, 0.25) is 0 Å². The molecule has 5 rings (SSSR count). The maximum Gasteiger partial charge on any atom is 0.409 e. The predicted octanol–water partition coefficient (Wildman–Crippen LogP) is 4.02. The van der Waals surface area contributed by atoms with Crippen LogP contribution in [0.4, 0.5) is 15.0 Å². The second kappa shape index (κ2) is 8.70. The first-order chi connectivity index (χ1) is 15.6. The number of halogens is 1. The zero-order valence-electron chi connectivity index (χ0n) is 18.7. The van der Waals surface area contributed by atoms with Crippen LogP contribution >= 0.6 is 0 Å². The summed E-state index contributed by atoms with van der Waals surface area (Å²) in [6.45, 7) is 7.88. The van der Waals surface area contributed by atoms with Crippen molar-refractivity contribution in [1.29, 1.82) is 0 Å². The summed E-state index contributed by atoms with van der Waals surface area (Å²) in [5.74, 6) is 0.754. The largest absolute Gasteiger partial charge is 0.450 e. The average Bonchev–Trinajstić information content (AvgIpc) is 3.25. The molecule has 0 unspecified atom stereocenters. The lowest BCUT2D eigenvalue weighted by Crippen LogP contribution is -2.58. The highest BCUT2D eigenvalue weighted by Gasteiger charge is 2.51. The van der Waals surface area contributed by atoms with Gasteiger partial charge in [0.25, 0.3) is 0 Å². The van der Waals surface area contributed by atoms with Crippen LogP contribution in [0, 0.1) is 11.2 Å². The van der Waals surface area contributed by atoms with E-state index in [0.717, 1.165) is 56.2 Å². The minimum Gasteiger partial charge on any atom is -0.450 e. The molecule has 3 heterocycles. The molecule has 1 saturated carbocycles. The Kier molecular flexibility index (Phi) is 5.76. The molecule has 1 spiro atoms. The van der Waals surface area contributed by atoms with Crippen molar-refractivity contribution in [2.45, 2.75) is 32.2 Å². The maximum atomic E-state index is 13.4. The third-order valence-electron chi connectivity index (χ3n) is 7.33. The van der Waals surface area contributed by atoms with Crippen molar-refractivity contribution in [1.82, 2.24) is 14.8 Å². The van der Waals surface area contributed by atoms with Crippen LogP contribution in [0.15, 0.2) is 42.6 Å². The number of benzene rings is 1. The molecule has 2 aromatic rings. The van der Waals surface area contributed by atoms with Crippen molar-refractivity contribution >= 4 is 11.9 Å². The fraction of sp³-hybridized carbons (Fsp3) is 0.520. The van der Waals surface area contributed by atoms with Crippen molar-refractivity contribution < 1.29 is 13.9 Å². The average molecular weight is 439 g/mol. The van der Waals surface area contributed by atoms with Gasteiger partial charge in [-0.15, -0.1) is 0 Å². The van der Waals surface area contributed by atoms with Gasteiger partial charge in [-0.3, -0.25) is 4.90 Å². The van der Waals surface area contributed by atoms with Crippen LogP contribution < -0.4 is 4.90 Å². The van der Waals surface area contributed by atoms with Gasteiger partial charge >= 0.3 is 6.09 Å². The summed E-state index contributed by atoms with van der Waals surface area (Å²) >= 11 is 0. The molecule has 7 heteroatoms. The molecule has 1 atom stereocenters. The van der Waals surface area contributed by atoms with Crippen LogP contribution in [-0.2, 0) is 4.74 Å². The van der Waals surface area contributed by atoms with Gasteiger partial charge in [0.1, 0.15) is 11.6 Å². The van der Waals surface area contributed by atoms with Gasteiger partial charge in [-0.1, -0.05) is 12.1 Å². The number of nitrogens with zero attached hydrogens (tertiary/aromatic N) is 4. The van der Waals surface area contributed by atoms with Gasteiger partial charge in [0.2, 0.25) is 0 Å². The molecule has 1 amide bonds. The Morgan fingerprint density at radius 1 is 1.16 bits per heavy atom. The van der Waals surface area contributed by atoms with Gasteiger partial charge in [0.15, 0.2) is 0 Å². The third-order valence-corrected chi connectivity index (χ3v) is 7.33. The number of anilines is 1. The summed E-state index contributed by atoms with van der Waals surface area (Å²) in [7, 11) is 0. The molecule has 0 bridgehead atoms. The Balaban J connectivity index is 1.18. The fourth-order valence-electron chi connectivity index (χ4n) is 5.69. The van der Waals surface area contributed by atoms with Gasteiger partial charge in [-0.05, 0) is 56.0 Å². The number of amides is 1. The van der Waals surface area contributed by atoms with Gasteiger partial charge < -0.3 is 14.5 Å². The number of aromatic nitrogens is 1. The number of likely N-dealkylation sites (tertiary alicyclic amines) is 1. The lowest BCUT2D eigenvalue weighted by molar-refractivity contribution is -0.00294. The highest BCUT2D eigenvalue weighted by atomic mass is 19.1. The van der Waals surface area contributed by atoms with E-state index < -0.39 is 0 Å². The Morgan fingerprint density at radius 3 is 2.62 bits per heavy atom. The van der Waals surface area contributed by atoms with E-state index in [2.05, 4.69) is 20.9 Å². The Morgan fingerprint density at radius 2 is 1.91 bits per heavy atom. The first kappa shape index (κ1) is 21.2. The lowest BCUT2D eigenvalue weighted by atomic mass is 9.78. The first-order valence-corrected chi connectivity index (χ1v) is 11.7. The second-order valence-electron chi connectivity index (χ2n) is 9.36. The minimum atomic E-state index is -0.223. The molecule has 2 saturated heterocycles. The highest BCUT2D eigenvalue weighted by Crippen LogP contribution is 2.47. The van der Waals surface area contributed by atoms with Crippen molar-refractivity contribution in [3.05, 3.63) is 48.4 Å². The normalized spacial score (nSPS) is 22.8. The topological polar surface area (TPSA) is 48.9 Å². The van der Waals surface area contributed by atoms with Crippen molar-refractivity contribution in [2.75, 3.05) is 50.8 Å². The molecular weight excluding hydrogens is 407 g/mol. The molecular formula is C25H31FN4O2. The van der Waals surface area contributed by atoms with E-state index in [-0.39, 0.29) is 11.9 Å². The summed E-state index contributed by atoms with van der Waals surface area (Å²) in [5, 5.41) is 0. The van der Waals surface area contributed by atoms with Crippen molar-refractivity contribution in [3.63, 3.8) is 0 Å². The van der Waals surface area contributed by atoms with Crippen LogP contribution in [0.5, 0.6) is 0 Å².